The van der Waals surface area contributed by atoms with Crippen LogP contribution < -0.4 is 0 Å². The van der Waals surface area contributed by atoms with E-state index in [1.807, 2.05) is 0 Å². The zero-order chi connectivity index (χ0) is 15.7. The highest BCUT2D eigenvalue weighted by Gasteiger charge is 2.39. The van der Waals surface area contributed by atoms with Crippen LogP contribution in [0, 0.1) is 0 Å². The van der Waals surface area contributed by atoms with Crippen LogP contribution in [-0.4, -0.2) is 48.9 Å². The average molecular weight is 318 g/mol. The predicted molar refractivity (Wildman–Crippen MR) is 79.4 cm³/mol. The maximum Gasteiger partial charge on any atom is 0.326 e. The Balaban J connectivity index is 1.85. The molecule has 1 aliphatic rings. The Kier molecular flexibility index (Phi) is 3.84. The summed E-state index contributed by atoms with van der Waals surface area (Å²) in [4.78, 5) is 37.6. The van der Waals surface area contributed by atoms with Crippen molar-refractivity contribution >= 4 is 23.2 Å². The van der Waals surface area contributed by atoms with Crippen molar-refractivity contribution in [3.8, 4) is 10.7 Å². The molecule has 0 radical (unpaired) electrons. The maximum absolute atomic E-state index is 12.6. The first-order chi connectivity index (χ1) is 10.6. The van der Waals surface area contributed by atoms with Crippen LogP contribution in [0.25, 0.3) is 10.7 Å². The van der Waals surface area contributed by atoms with Gasteiger partial charge in [-0.25, -0.2) is 9.78 Å². The number of hydrogen-bond acceptors (Lipinski definition) is 6. The van der Waals surface area contributed by atoms with E-state index in [0.717, 1.165) is 12.8 Å². The Bertz CT molecular complexity index is 699. The normalized spacial score (nSPS) is 15.3. The molecule has 114 valence electrons. The minimum Gasteiger partial charge on any atom is -0.480 e. The molecule has 0 aromatic carbocycles. The molecule has 7 nitrogen and oxygen atoms in total. The van der Waals surface area contributed by atoms with Crippen molar-refractivity contribution in [3.63, 3.8) is 0 Å². The zero-order valence-electron chi connectivity index (χ0n) is 11.8. The number of aromatic nitrogens is 3. The summed E-state index contributed by atoms with van der Waals surface area (Å²) < 4.78 is 0. The smallest absolute Gasteiger partial charge is 0.326 e. The number of nitrogens with zero attached hydrogens (tertiary/aromatic N) is 4. The highest BCUT2D eigenvalue weighted by Crippen LogP contribution is 2.31. The van der Waals surface area contributed by atoms with Crippen molar-refractivity contribution < 1.29 is 14.7 Å². The summed E-state index contributed by atoms with van der Waals surface area (Å²) in [7, 11) is 0. The molecule has 1 aliphatic carbocycles. The molecule has 0 spiro atoms. The van der Waals surface area contributed by atoms with E-state index in [1.54, 1.807) is 24.0 Å². The van der Waals surface area contributed by atoms with E-state index in [4.69, 9.17) is 0 Å². The van der Waals surface area contributed by atoms with E-state index >= 15 is 0 Å². The third-order valence-electron chi connectivity index (χ3n) is 3.46. The van der Waals surface area contributed by atoms with Crippen molar-refractivity contribution in [2.75, 3.05) is 0 Å². The van der Waals surface area contributed by atoms with Gasteiger partial charge >= 0.3 is 5.97 Å². The number of amides is 1. The van der Waals surface area contributed by atoms with Crippen molar-refractivity contribution in [3.05, 3.63) is 29.7 Å². The molecule has 0 bridgehead atoms. The summed E-state index contributed by atoms with van der Waals surface area (Å²) in [5, 5.41) is 11.4. The van der Waals surface area contributed by atoms with Crippen LogP contribution in [0.2, 0.25) is 0 Å². The third kappa shape index (κ3) is 2.82. The highest BCUT2D eigenvalue weighted by atomic mass is 32.1. The van der Waals surface area contributed by atoms with E-state index in [1.165, 1.54) is 23.2 Å². The van der Waals surface area contributed by atoms with Gasteiger partial charge in [-0.3, -0.25) is 14.8 Å². The lowest BCUT2D eigenvalue weighted by Gasteiger charge is -2.25. The first-order valence-corrected chi connectivity index (χ1v) is 7.73. The first kappa shape index (κ1) is 14.6. The topological polar surface area (TPSA) is 96.3 Å². The predicted octanol–water partition coefficient (Wildman–Crippen LogP) is 1.68. The molecule has 1 atom stereocenters. The summed E-state index contributed by atoms with van der Waals surface area (Å²) in [6, 6.07) is -0.859. The van der Waals surface area contributed by atoms with Crippen molar-refractivity contribution in [2.45, 2.75) is 31.8 Å². The first-order valence-electron chi connectivity index (χ1n) is 6.85. The molecule has 1 amide bonds. The van der Waals surface area contributed by atoms with Crippen LogP contribution in [0.15, 0.2) is 24.0 Å². The number of hydrogen-bond donors (Lipinski definition) is 1. The molecule has 0 aliphatic heterocycles. The molecule has 2 heterocycles. The molecule has 1 N–H and O–H groups in total. The van der Waals surface area contributed by atoms with Gasteiger partial charge in [0.1, 0.15) is 22.4 Å². The van der Waals surface area contributed by atoms with E-state index in [-0.39, 0.29) is 17.6 Å². The molecule has 2 aromatic heterocycles. The van der Waals surface area contributed by atoms with Gasteiger partial charge in [0.05, 0.1) is 6.20 Å². The fourth-order valence-corrected chi connectivity index (χ4v) is 2.92. The lowest BCUT2D eigenvalue weighted by Crippen LogP contribution is -2.44. The number of aliphatic carboxylic acids is 1. The van der Waals surface area contributed by atoms with Gasteiger partial charge < -0.3 is 10.0 Å². The Hall–Kier alpha value is -2.35. The summed E-state index contributed by atoms with van der Waals surface area (Å²) in [5.74, 6) is -1.35. The van der Waals surface area contributed by atoms with E-state index < -0.39 is 12.0 Å². The summed E-state index contributed by atoms with van der Waals surface area (Å²) in [6.07, 6.45) is 6.37. The number of carbonyl (C=O) groups excluding carboxylic acids is 1. The Morgan fingerprint density at radius 2 is 2.18 bits per heavy atom. The van der Waals surface area contributed by atoms with Crippen LogP contribution in [0.5, 0.6) is 0 Å². The SMILES string of the molecule is CC(C(=O)O)N(C(=O)c1csc(-c2cnccn2)n1)C1CC1. The third-order valence-corrected chi connectivity index (χ3v) is 4.32. The number of carboxylic acids is 1. The van der Waals surface area contributed by atoms with Crippen molar-refractivity contribution in [2.24, 2.45) is 0 Å². The minimum absolute atomic E-state index is 0.000247. The van der Waals surface area contributed by atoms with E-state index in [2.05, 4.69) is 15.0 Å². The lowest BCUT2D eigenvalue weighted by atomic mass is 10.2. The average Bonchev–Trinajstić information content (AvgIpc) is 3.23. The molecular weight excluding hydrogens is 304 g/mol. The Morgan fingerprint density at radius 3 is 2.77 bits per heavy atom. The van der Waals surface area contributed by atoms with Gasteiger partial charge in [0, 0.05) is 23.8 Å². The van der Waals surface area contributed by atoms with Gasteiger partial charge in [-0.05, 0) is 19.8 Å². The van der Waals surface area contributed by atoms with Crippen LogP contribution in [0.1, 0.15) is 30.3 Å². The molecular formula is C14H14N4O3S. The van der Waals surface area contributed by atoms with Gasteiger partial charge in [0.15, 0.2) is 0 Å². The second kappa shape index (κ2) is 5.80. The maximum atomic E-state index is 12.6. The monoisotopic (exact) mass is 318 g/mol. The molecule has 2 aromatic rings. The number of carbonyl (C=O) groups is 2. The number of carboxylic acid groups (broad SMARTS) is 1. The van der Waals surface area contributed by atoms with Gasteiger partial charge in [-0.2, -0.15) is 0 Å². The fourth-order valence-electron chi connectivity index (χ4n) is 2.16. The van der Waals surface area contributed by atoms with Crippen LogP contribution in [0.4, 0.5) is 0 Å². The Labute approximate surface area is 130 Å². The quantitative estimate of drug-likeness (QED) is 0.901. The van der Waals surface area contributed by atoms with Crippen molar-refractivity contribution in [1.29, 1.82) is 0 Å². The number of thiazole rings is 1. The summed E-state index contributed by atoms with van der Waals surface area (Å²) >= 11 is 1.29. The molecule has 3 rings (SSSR count). The van der Waals surface area contributed by atoms with Gasteiger partial charge in [-0.1, -0.05) is 0 Å². The van der Waals surface area contributed by atoms with E-state index in [0.29, 0.717) is 10.7 Å². The molecule has 8 heteroatoms. The van der Waals surface area contributed by atoms with Gasteiger partial charge in [0.25, 0.3) is 5.91 Å². The molecule has 0 saturated heterocycles. The number of rotatable bonds is 5. The second-order valence-corrected chi connectivity index (χ2v) is 5.94. The molecule has 1 saturated carbocycles. The second-order valence-electron chi connectivity index (χ2n) is 5.09. The molecule has 1 fully saturated rings. The van der Waals surface area contributed by atoms with E-state index in [9.17, 15) is 14.7 Å². The molecule has 1 unspecified atom stereocenters. The zero-order valence-corrected chi connectivity index (χ0v) is 12.7. The van der Waals surface area contributed by atoms with Crippen LogP contribution >= 0.6 is 11.3 Å². The molecule has 22 heavy (non-hydrogen) atoms. The van der Waals surface area contributed by atoms with Crippen LogP contribution in [-0.2, 0) is 4.79 Å². The van der Waals surface area contributed by atoms with Gasteiger partial charge in [-0.15, -0.1) is 11.3 Å². The lowest BCUT2D eigenvalue weighted by molar-refractivity contribution is -0.141. The standard InChI is InChI=1S/C14H14N4O3S/c1-8(14(20)21)18(9-2-3-9)13(19)11-7-22-12(17-11)10-6-15-4-5-16-10/h4-9H,2-3H2,1H3,(H,20,21). The largest absolute Gasteiger partial charge is 0.480 e. The minimum atomic E-state index is -1.01. The highest BCUT2D eigenvalue weighted by molar-refractivity contribution is 7.13. The fraction of sp³-hybridized carbons (Fsp3) is 0.357. The van der Waals surface area contributed by atoms with Crippen molar-refractivity contribution in [1.82, 2.24) is 19.9 Å². The Morgan fingerprint density at radius 1 is 1.41 bits per heavy atom. The van der Waals surface area contributed by atoms with Crippen LogP contribution in [0.3, 0.4) is 0 Å². The summed E-state index contributed by atoms with van der Waals surface area (Å²) in [6.45, 7) is 1.52. The summed E-state index contributed by atoms with van der Waals surface area (Å²) in [5.41, 5.74) is 0.849. The van der Waals surface area contributed by atoms with Gasteiger partial charge in [0.2, 0.25) is 0 Å².